The topological polar surface area (TPSA) is 80.7 Å². The zero-order chi connectivity index (χ0) is 16.2. The minimum atomic E-state index is 0.311. The normalized spacial score (nSPS) is 28.3. The first-order chi connectivity index (χ1) is 11.1. The second-order valence-electron chi connectivity index (χ2n) is 7.00. The standard InChI is InChI=1S/C16H29N5O2/c1-12-8-21(9-13(2)22-12)10-14-3-5-20(6-4-14)11-15-18-16(7-17)23-19-15/h12-14H,3-11,17H2,1-2H3. The maximum Gasteiger partial charge on any atom is 0.240 e. The Morgan fingerprint density at radius 3 is 2.43 bits per heavy atom. The number of nitrogens with zero attached hydrogens (tertiary/aromatic N) is 4. The van der Waals surface area contributed by atoms with E-state index in [9.17, 15) is 0 Å². The highest BCUT2D eigenvalue weighted by Crippen LogP contribution is 2.21. The third kappa shape index (κ3) is 4.73. The van der Waals surface area contributed by atoms with Gasteiger partial charge >= 0.3 is 0 Å². The van der Waals surface area contributed by atoms with Crippen molar-refractivity contribution >= 4 is 0 Å². The number of ether oxygens (including phenoxy) is 1. The van der Waals surface area contributed by atoms with Gasteiger partial charge in [0.15, 0.2) is 5.82 Å². The first-order valence-electron chi connectivity index (χ1n) is 8.74. The highest BCUT2D eigenvalue weighted by Gasteiger charge is 2.27. The number of piperidine rings is 1. The van der Waals surface area contributed by atoms with Crippen LogP contribution in [0.4, 0.5) is 0 Å². The first-order valence-corrected chi connectivity index (χ1v) is 8.74. The molecular weight excluding hydrogens is 294 g/mol. The largest absolute Gasteiger partial charge is 0.373 e. The van der Waals surface area contributed by atoms with Crippen molar-refractivity contribution in [3.8, 4) is 0 Å². The summed E-state index contributed by atoms with van der Waals surface area (Å²) in [6, 6.07) is 0. The zero-order valence-corrected chi connectivity index (χ0v) is 14.3. The molecule has 0 spiro atoms. The molecule has 1 aromatic rings. The van der Waals surface area contributed by atoms with Crippen LogP contribution in [0.5, 0.6) is 0 Å². The second kappa shape index (κ2) is 7.70. The fourth-order valence-electron chi connectivity index (χ4n) is 3.76. The van der Waals surface area contributed by atoms with Crippen molar-refractivity contribution in [2.75, 3.05) is 32.7 Å². The second-order valence-corrected chi connectivity index (χ2v) is 7.00. The van der Waals surface area contributed by atoms with E-state index in [1.165, 1.54) is 19.4 Å². The SMILES string of the molecule is CC1CN(CC2CCN(Cc3noc(CN)n3)CC2)CC(C)O1. The molecule has 2 N–H and O–H groups in total. The molecule has 2 unspecified atom stereocenters. The van der Waals surface area contributed by atoms with E-state index in [1.807, 2.05) is 0 Å². The van der Waals surface area contributed by atoms with Gasteiger partial charge in [0.05, 0.1) is 25.3 Å². The smallest absolute Gasteiger partial charge is 0.240 e. The average Bonchev–Trinajstić information content (AvgIpc) is 2.96. The maximum absolute atomic E-state index is 5.82. The van der Waals surface area contributed by atoms with Crippen LogP contribution in [0, 0.1) is 5.92 Å². The highest BCUT2D eigenvalue weighted by molar-refractivity contribution is 4.87. The molecule has 7 nitrogen and oxygen atoms in total. The third-order valence-corrected chi connectivity index (χ3v) is 4.77. The molecule has 130 valence electrons. The van der Waals surface area contributed by atoms with Gasteiger partial charge in [-0.25, -0.2) is 0 Å². The van der Waals surface area contributed by atoms with Gasteiger partial charge in [0.1, 0.15) is 0 Å². The summed E-state index contributed by atoms with van der Waals surface area (Å²) in [5.41, 5.74) is 5.50. The summed E-state index contributed by atoms with van der Waals surface area (Å²) in [4.78, 5) is 9.27. The van der Waals surface area contributed by atoms with Gasteiger partial charge in [0, 0.05) is 19.6 Å². The van der Waals surface area contributed by atoms with Gasteiger partial charge in [0.25, 0.3) is 0 Å². The van der Waals surface area contributed by atoms with Crippen molar-refractivity contribution in [2.45, 2.75) is 52.0 Å². The summed E-state index contributed by atoms with van der Waals surface area (Å²) in [6.45, 7) is 11.0. The molecule has 2 saturated heterocycles. The Bertz CT molecular complexity index is 477. The van der Waals surface area contributed by atoms with E-state index < -0.39 is 0 Å². The number of likely N-dealkylation sites (tertiary alicyclic amines) is 1. The van der Waals surface area contributed by atoms with Crippen LogP contribution in [-0.2, 0) is 17.8 Å². The van der Waals surface area contributed by atoms with E-state index in [2.05, 4.69) is 33.8 Å². The number of nitrogens with two attached hydrogens (primary N) is 1. The molecule has 3 rings (SSSR count). The number of aromatic nitrogens is 2. The van der Waals surface area contributed by atoms with Crippen LogP contribution in [0.1, 0.15) is 38.4 Å². The molecule has 3 heterocycles. The van der Waals surface area contributed by atoms with Crippen LogP contribution in [-0.4, -0.2) is 64.9 Å². The lowest BCUT2D eigenvalue weighted by Crippen LogP contribution is -2.48. The quantitative estimate of drug-likeness (QED) is 0.860. The molecule has 0 aromatic carbocycles. The number of rotatable bonds is 5. The summed E-state index contributed by atoms with van der Waals surface area (Å²) in [7, 11) is 0. The van der Waals surface area contributed by atoms with Crippen LogP contribution in [0.25, 0.3) is 0 Å². The molecule has 0 amide bonds. The predicted molar refractivity (Wildman–Crippen MR) is 86.6 cm³/mol. The van der Waals surface area contributed by atoms with Crippen molar-refractivity contribution in [1.82, 2.24) is 19.9 Å². The molecule has 23 heavy (non-hydrogen) atoms. The van der Waals surface area contributed by atoms with Crippen molar-refractivity contribution in [3.63, 3.8) is 0 Å². The molecule has 2 atom stereocenters. The van der Waals surface area contributed by atoms with Crippen LogP contribution >= 0.6 is 0 Å². The Morgan fingerprint density at radius 2 is 1.83 bits per heavy atom. The summed E-state index contributed by atoms with van der Waals surface area (Å²) in [5.74, 6) is 2.05. The lowest BCUT2D eigenvalue weighted by molar-refractivity contribution is -0.0732. The van der Waals surface area contributed by atoms with Crippen LogP contribution in [0.3, 0.4) is 0 Å². The van der Waals surface area contributed by atoms with E-state index >= 15 is 0 Å². The summed E-state index contributed by atoms with van der Waals surface area (Å²) >= 11 is 0. The van der Waals surface area contributed by atoms with E-state index in [0.717, 1.165) is 44.5 Å². The van der Waals surface area contributed by atoms with Gasteiger partial charge in [-0.2, -0.15) is 4.98 Å². The Hall–Kier alpha value is -1.02. The Labute approximate surface area is 138 Å². The minimum Gasteiger partial charge on any atom is -0.373 e. The van der Waals surface area contributed by atoms with E-state index in [4.69, 9.17) is 15.0 Å². The van der Waals surface area contributed by atoms with E-state index in [0.29, 0.717) is 24.6 Å². The molecule has 0 aliphatic carbocycles. The highest BCUT2D eigenvalue weighted by atomic mass is 16.5. The molecule has 0 bridgehead atoms. The van der Waals surface area contributed by atoms with Crippen molar-refractivity contribution < 1.29 is 9.26 Å². The average molecular weight is 323 g/mol. The molecule has 0 radical (unpaired) electrons. The summed E-state index contributed by atoms with van der Waals surface area (Å²) in [5, 5.41) is 3.98. The van der Waals surface area contributed by atoms with Gasteiger partial charge in [-0.05, 0) is 45.7 Å². The molecule has 2 aliphatic rings. The van der Waals surface area contributed by atoms with Crippen molar-refractivity contribution in [1.29, 1.82) is 0 Å². The van der Waals surface area contributed by atoms with Gasteiger partial charge in [-0.1, -0.05) is 5.16 Å². The Morgan fingerprint density at radius 1 is 1.13 bits per heavy atom. The Kier molecular flexibility index (Phi) is 5.63. The van der Waals surface area contributed by atoms with E-state index in [-0.39, 0.29) is 0 Å². The van der Waals surface area contributed by atoms with Crippen molar-refractivity contribution in [2.24, 2.45) is 11.7 Å². The molecule has 7 heteroatoms. The minimum absolute atomic E-state index is 0.311. The van der Waals surface area contributed by atoms with Crippen LogP contribution < -0.4 is 5.73 Å². The van der Waals surface area contributed by atoms with Crippen molar-refractivity contribution in [3.05, 3.63) is 11.7 Å². The molecule has 0 saturated carbocycles. The number of hydrogen-bond acceptors (Lipinski definition) is 7. The zero-order valence-electron chi connectivity index (χ0n) is 14.3. The molecule has 2 aliphatic heterocycles. The van der Waals surface area contributed by atoms with Gasteiger partial charge in [0.2, 0.25) is 5.89 Å². The third-order valence-electron chi connectivity index (χ3n) is 4.77. The lowest BCUT2D eigenvalue weighted by atomic mass is 9.95. The number of hydrogen-bond donors (Lipinski definition) is 1. The molecule has 2 fully saturated rings. The van der Waals surface area contributed by atoms with Gasteiger partial charge < -0.3 is 15.0 Å². The lowest BCUT2D eigenvalue weighted by Gasteiger charge is -2.39. The predicted octanol–water partition coefficient (Wildman–Crippen LogP) is 0.850. The van der Waals surface area contributed by atoms with Gasteiger partial charge in [-0.15, -0.1) is 0 Å². The van der Waals surface area contributed by atoms with Crippen LogP contribution in [0.2, 0.25) is 0 Å². The fourth-order valence-corrected chi connectivity index (χ4v) is 3.76. The van der Waals surface area contributed by atoms with Crippen LogP contribution in [0.15, 0.2) is 4.52 Å². The number of morpholine rings is 1. The van der Waals surface area contributed by atoms with Gasteiger partial charge in [-0.3, -0.25) is 9.80 Å². The molecule has 1 aromatic heterocycles. The summed E-state index contributed by atoms with van der Waals surface area (Å²) < 4.78 is 10.9. The maximum atomic E-state index is 5.82. The fraction of sp³-hybridized carbons (Fsp3) is 0.875. The summed E-state index contributed by atoms with van der Waals surface area (Å²) in [6.07, 6.45) is 3.19. The van der Waals surface area contributed by atoms with E-state index in [1.54, 1.807) is 0 Å². The Balaban J connectivity index is 1.41. The first kappa shape index (κ1) is 16.8. The monoisotopic (exact) mass is 323 g/mol. The molecular formula is C16H29N5O2.